The fourth-order valence-corrected chi connectivity index (χ4v) is 1.95. The number of carboxylic acid groups (broad SMARTS) is 1. The molecule has 0 bridgehead atoms. The topological polar surface area (TPSA) is 40.5 Å². The van der Waals surface area contributed by atoms with E-state index in [9.17, 15) is 4.79 Å². The van der Waals surface area contributed by atoms with Gasteiger partial charge in [-0.05, 0) is 31.6 Å². The molecule has 0 aromatic heterocycles. The van der Waals surface area contributed by atoms with Gasteiger partial charge in [0.25, 0.3) is 0 Å². The number of rotatable bonds is 3. The van der Waals surface area contributed by atoms with Gasteiger partial charge in [0.15, 0.2) is 0 Å². The zero-order chi connectivity index (χ0) is 9.26. The second kappa shape index (κ2) is 3.40. The minimum absolute atomic E-state index is 0.550. The van der Waals surface area contributed by atoms with Crippen molar-refractivity contribution in [2.24, 2.45) is 5.92 Å². The summed E-state index contributed by atoms with van der Waals surface area (Å²) in [7, 11) is 0. The first-order valence-corrected chi connectivity index (χ1v) is 4.97. The summed E-state index contributed by atoms with van der Waals surface area (Å²) in [5, 5.41) is 8.72. The van der Waals surface area contributed by atoms with Gasteiger partial charge in [-0.25, -0.2) is 4.79 Å². The monoisotopic (exact) mass is 181 g/mol. The molecule has 0 spiro atoms. The molecule has 1 heterocycles. The van der Waals surface area contributed by atoms with Gasteiger partial charge in [0.1, 0.15) is 0 Å². The van der Waals surface area contributed by atoms with E-state index >= 15 is 0 Å². The van der Waals surface area contributed by atoms with Gasteiger partial charge in [0, 0.05) is 24.9 Å². The SMILES string of the molecule is O=C(O)/C=C(/C1CC1)N1CCCC1. The fraction of sp³-hybridized carbons (Fsp3) is 0.700. The van der Waals surface area contributed by atoms with Crippen molar-refractivity contribution in [1.29, 1.82) is 0 Å². The smallest absolute Gasteiger partial charge is 0.330 e. The van der Waals surface area contributed by atoms with Gasteiger partial charge in [-0.2, -0.15) is 0 Å². The second-order valence-corrected chi connectivity index (χ2v) is 3.88. The van der Waals surface area contributed by atoms with Gasteiger partial charge in [0.05, 0.1) is 0 Å². The molecule has 1 saturated heterocycles. The third-order valence-electron chi connectivity index (χ3n) is 2.74. The highest BCUT2D eigenvalue weighted by atomic mass is 16.4. The van der Waals surface area contributed by atoms with E-state index in [1.807, 2.05) is 0 Å². The third kappa shape index (κ3) is 2.02. The Bertz CT molecular complexity index is 237. The molecule has 0 atom stereocenters. The predicted molar refractivity (Wildman–Crippen MR) is 49.2 cm³/mol. The summed E-state index contributed by atoms with van der Waals surface area (Å²) in [6, 6.07) is 0. The highest BCUT2D eigenvalue weighted by Crippen LogP contribution is 2.39. The summed E-state index contributed by atoms with van der Waals surface area (Å²) in [6.07, 6.45) is 6.18. The van der Waals surface area contributed by atoms with Crippen molar-refractivity contribution in [3.63, 3.8) is 0 Å². The molecule has 1 saturated carbocycles. The van der Waals surface area contributed by atoms with Gasteiger partial charge >= 0.3 is 5.97 Å². The number of aliphatic carboxylic acids is 1. The highest BCUT2D eigenvalue weighted by Gasteiger charge is 2.31. The van der Waals surface area contributed by atoms with E-state index in [1.165, 1.54) is 31.8 Å². The molecule has 72 valence electrons. The maximum atomic E-state index is 10.6. The molecule has 0 aromatic rings. The third-order valence-corrected chi connectivity index (χ3v) is 2.74. The molecule has 3 nitrogen and oxygen atoms in total. The summed E-state index contributed by atoms with van der Waals surface area (Å²) in [6.45, 7) is 2.10. The molecule has 2 fully saturated rings. The van der Waals surface area contributed by atoms with Crippen molar-refractivity contribution in [2.75, 3.05) is 13.1 Å². The van der Waals surface area contributed by atoms with Crippen molar-refractivity contribution in [1.82, 2.24) is 4.90 Å². The summed E-state index contributed by atoms with van der Waals surface area (Å²) in [5.74, 6) is -0.247. The van der Waals surface area contributed by atoms with E-state index in [2.05, 4.69) is 4.90 Å². The van der Waals surface area contributed by atoms with Crippen LogP contribution in [0, 0.1) is 5.92 Å². The van der Waals surface area contributed by atoms with Crippen LogP contribution in [0.4, 0.5) is 0 Å². The van der Waals surface area contributed by atoms with Gasteiger partial charge < -0.3 is 10.0 Å². The van der Waals surface area contributed by atoms with E-state index in [0.717, 1.165) is 18.8 Å². The Balaban J connectivity index is 2.07. The summed E-state index contributed by atoms with van der Waals surface area (Å²) < 4.78 is 0. The molecule has 3 heteroatoms. The van der Waals surface area contributed by atoms with Gasteiger partial charge in [-0.15, -0.1) is 0 Å². The molecular formula is C10H15NO2. The van der Waals surface area contributed by atoms with Crippen LogP contribution in [-0.4, -0.2) is 29.1 Å². The van der Waals surface area contributed by atoms with E-state index in [-0.39, 0.29) is 0 Å². The Kier molecular flexibility index (Phi) is 2.25. The van der Waals surface area contributed by atoms with Crippen molar-refractivity contribution in [2.45, 2.75) is 25.7 Å². The Hall–Kier alpha value is -0.990. The Labute approximate surface area is 78.0 Å². The van der Waals surface area contributed by atoms with Crippen LogP contribution < -0.4 is 0 Å². The highest BCUT2D eigenvalue weighted by molar-refractivity contribution is 5.80. The van der Waals surface area contributed by atoms with Crippen LogP contribution in [0.25, 0.3) is 0 Å². The predicted octanol–water partition coefficient (Wildman–Crippen LogP) is 1.46. The average molecular weight is 181 g/mol. The van der Waals surface area contributed by atoms with Crippen molar-refractivity contribution < 1.29 is 9.90 Å². The number of carbonyl (C=O) groups is 1. The Morgan fingerprint density at radius 2 is 1.92 bits per heavy atom. The number of carboxylic acids is 1. The summed E-state index contributed by atoms with van der Waals surface area (Å²) in [5.41, 5.74) is 1.07. The van der Waals surface area contributed by atoms with Gasteiger partial charge in [-0.3, -0.25) is 0 Å². The van der Waals surface area contributed by atoms with Crippen LogP contribution >= 0.6 is 0 Å². The number of hydrogen-bond acceptors (Lipinski definition) is 2. The standard InChI is InChI=1S/C10H15NO2/c12-10(13)7-9(8-3-4-8)11-5-1-2-6-11/h7-8H,1-6H2,(H,12,13)/b9-7-. The lowest BCUT2D eigenvalue weighted by atomic mass is 10.2. The zero-order valence-corrected chi connectivity index (χ0v) is 7.70. The first kappa shape index (κ1) is 8.60. The van der Waals surface area contributed by atoms with Crippen molar-refractivity contribution in [3.05, 3.63) is 11.8 Å². The van der Waals surface area contributed by atoms with E-state index in [1.54, 1.807) is 0 Å². The molecule has 2 rings (SSSR count). The Morgan fingerprint density at radius 3 is 2.38 bits per heavy atom. The van der Waals surface area contributed by atoms with Gasteiger partial charge in [-0.1, -0.05) is 0 Å². The average Bonchev–Trinajstić information content (AvgIpc) is 2.77. The van der Waals surface area contributed by atoms with Crippen LogP contribution in [0.15, 0.2) is 11.8 Å². The van der Waals surface area contributed by atoms with Crippen LogP contribution in [0.2, 0.25) is 0 Å². The quantitative estimate of drug-likeness (QED) is 0.670. The number of nitrogens with zero attached hydrogens (tertiary/aromatic N) is 1. The summed E-state index contributed by atoms with van der Waals surface area (Å²) >= 11 is 0. The molecule has 0 amide bonds. The van der Waals surface area contributed by atoms with Crippen molar-refractivity contribution in [3.8, 4) is 0 Å². The van der Waals surface area contributed by atoms with Crippen LogP contribution in [-0.2, 0) is 4.79 Å². The molecule has 0 radical (unpaired) electrons. The van der Waals surface area contributed by atoms with Gasteiger partial charge in [0.2, 0.25) is 0 Å². The summed E-state index contributed by atoms with van der Waals surface area (Å²) in [4.78, 5) is 12.8. The maximum absolute atomic E-state index is 10.6. The molecular weight excluding hydrogens is 166 g/mol. The number of allylic oxidation sites excluding steroid dienone is 1. The fourth-order valence-electron chi connectivity index (χ4n) is 1.95. The van der Waals surface area contributed by atoms with Crippen LogP contribution in [0.1, 0.15) is 25.7 Å². The van der Waals surface area contributed by atoms with Crippen LogP contribution in [0.5, 0.6) is 0 Å². The normalized spacial score (nSPS) is 23.7. The largest absolute Gasteiger partial charge is 0.478 e. The lowest BCUT2D eigenvalue weighted by molar-refractivity contribution is -0.131. The second-order valence-electron chi connectivity index (χ2n) is 3.88. The molecule has 0 aromatic carbocycles. The molecule has 0 unspecified atom stereocenters. The van der Waals surface area contributed by atoms with E-state index < -0.39 is 5.97 Å². The zero-order valence-electron chi connectivity index (χ0n) is 7.70. The lowest BCUT2D eigenvalue weighted by Gasteiger charge is -2.20. The van der Waals surface area contributed by atoms with Crippen LogP contribution in [0.3, 0.4) is 0 Å². The number of likely N-dealkylation sites (tertiary alicyclic amines) is 1. The minimum Gasteiger partial charge on any atom is -0.478 e. The Morgan fingerprint density at radius 1 is 1.31 bits per heavy atom. The van der Waals surface area contributed by atoms with E-state index in [0.29, 0.717) is 5.92 Å². The molecule has 1 aliphatic carbocycles. The molecule has 13 heavy (non-hydrogen) atoms. The molecule has 1 N–H and O–H groups in total. The molecule has 2 aliphatic rings. The first-order valence-electron chi connectivity index (χ1n) is 4.97. The minimum atomic E-state index is -0.797. The van der Waals surface area contributed by atoms with Crippen molar-refractivity contribution >= 4 is 5.97 Å². The maximum Gasteiger partial charge on any atom is 0.330 e. The van der Waals surface area contributed by atoms with E-state index in [4.69, 9.17) is 5.11 Å². The lowest BCUT2D eigenvalue weighted by Crippen LogP contribution is -2.20. The molecule has 1 aliphatic heterocycles. The number of hydrogen-bond donors (Lipinski definition) is 1. The first-order chi connectivity index (χ1) is 6.27.